The molecule has 0 spiro atoms. The molecule has 0 aliphatic carbocycles. The molecule has 3 N–H and O–H groups in total. The van der Waals surface area contributed by atoms with Crippen LogP contribution >= 0.6 is 0 Å². The normalized spacial score (nSPS) is 16.5. The fourth-order valence-corrected chi connectivity index (χ4v) is 6.66. The Morgan fingerprint density at radius 1 is 0.944 bits per heavy atom. The highest BCUT2D eigenvalue weighted by Gasteiger charge is 2.39. The van der Waals surface area contributed by atoms with Crippen LogP contribution in [0.4, 0.5) is 5.69 Å². The quantitative estimate of drug-likeness (QED) is 0.0842. The molecule has 4 aromatic rings. The molecule has 2 aliphatic rings. The average molecular weight is 742 g/mol. The zero-order valence-corrected chi connectivity index (χ0v) is 31.2. The van der Waals surface area contributed by atoms with Gasteiger partial charge in [-0.25, -0.2) is 4.79 Å². The van der Waals surface area contributed by atoms with Crippen molar-refractivity contribution in [3.63, 3.8) is 0 Å². The number of fused-ring (bicyclic) bond motifs is 1. The highest BCUT2D eigenvalue weighted by molar-refractivity contribution is 5.95. The van der Waals surface area contributed by atoms with Crippen LogP contribution in [0.15, 0.2) is 67.0 Å². The summed E-state index contributed by atoms with van der Waals surface area (Å²) in [7, 11) is 3.46. The number of hydrogen-bond acceptors (Lipinski definition) is 12. The van der Waals surface area contributed by atoms with Crippen molar-refractivity contribution in [1.82, 2.24) is 30.4 Å². The maximum absolute atomic E-state index is 13.7. The minimum atomic E-state index is -0.478. The third kappa shape index (κ3) is 10.5. The number of rotatable bonds is 19. The molecule has 2 aromatic heterocycles. The van der Waals surface area contributed by atoms with E-state index in [-0.39, 0.29) is 24.5 Å². The summed E-state index contributed by atoms with van der Waals surface area (Å²) in [4.78, 5) is 34.7. The fraction of sp³-hybridized carbons (Fsp3) is 0.475. The molecular weight excluding hydrogens is 690 g/mol. The highest BCUT2D eigenvalue weighted by atomic mass is 16.6. The fourth-order valence-electron chi connectivity index (χ4n) is 6.66. The van der Waals surface area contributed by atoms with E-state index >= 15 is 0 Å². The van der Waals surface area contributed by atoms with E-state index in [2.05, 4.69) is 47.5 Å². The van der Waals surface area contributed by atoms with Crippen LogP contribution in [-0.4, -0.2) is 104 Å². The van der Waals surface area contributed by atoms with Gasteiger partial charge in [-0.2, -0.15) is 0 Å². The molecule has 1 amide bonds. The Kier molecular flexibility index (Phi) is 13.8. The highest BCUT2D eigenvalue weighted by Crippen LogP contribution is 2.37. The van der Waals surface area contributed by atoms with Crippen LogP contribution in [0.3, 0.4) is 0 Å². The summed E-state index contributed by atoms with van der Waals surface area (Å²) < 4.78 is 27.4. The Hall–Kier alpha value is -5.05. The van der Waals surface area contributed by atoms with Crippen LogP contribution in [0.25, 0.3) is 11.4 Å². The second-order valence-corrected chi connectivity index (χ2v) is 13.7. The van der Waals surface area contributed by atoms with E-state index in [0.29, 0.717) is 50.8 Å². The minimum Gasteiger partial charge on any atom is -0.494 e. The topological polar surface area (TPSA) is 162 Å². The van der Waals surface area contributed by atoms with Gasteiger partial charge in [0.1, 0.15) is 18.1 Å². The summed E-state index contributed by atoms with van der Waals surface area (Å²) >= 11 is 0. The molecule has 14 nitrogen and oxygen atoms in total. The summed E-state index contributed by atoms with van der Waals surface area (Å²) in [5, 5.41) is 16.1. The Labute approximate surface area is 316 Å². The van der Waals surface area contributed by atoms with Gasteiger partial charge in [-0.15, -0.1) is 10.2 Å². The SMILES string of the molecule is COC(=O)COCCCOCCCCCOc1ccc2c(c1)[C@@H](NC(=O)c1cccc(NC3(c4nnc(-c5ccncc5)[nH]4)CCN(C)CC3)c1)CCO2. The Bertz CT molecular complexity index is 1800. The number of methoxy groups -OCH3 is 1. The summed E-state index contributed by atoms with van der Waals surface area (Å²) in [6.07, 6.45) is 9.30. The number of aromatic nitrogens is 4. The number of unbranched alkanes of at least 4 members (excludes halogenated alkanes) is 2. The smallest absolute Gasteiger partial charge is 0.331 e. The molecule has 1 fully saturated rings. The van der Waals surface area contributed by atoms with E-state index in [4.69, 9.17) is 18.9 Å². The largest absolute Gasteiger partial charge is 0.494 e. The summed E-state index contributed by atoms with van der Waals surface area (Å²) in [6, 6.07) is 17.0. The Balaban J connectivity index is 1.00. The number of H-pyrrole nitrogens is 1. The number of ether oxygens (including phenoxy) is 5. The number of carbonyl (C=O) groups is 2. The number of benzene rings is 2. The van der Waals surface area contributed by atoms with Crippen molar-refractivity contribution in [2.75, 3.05) is 72.2 Å². The number of hydrogen-bond donors (Lipinski definition) is 3. The molecule has 288 valence electrons. The lowest BCUT2D eigenvalue weighted by Gasteiger charge is -2.40. The first kappa shape index (κ1) is 38.7. The van der Waals surface area contributed by atoms with Gasteiger partial charge in [0.25, 0.3) is 5.91 Å². The number of anilines is 1. The lowest BCUT2D eigenvalue weighted by molar-refractivity contribution is -0.146. The maximum Gasteiger partial charge on any atom is 0.331 e. The Morgan fingerprint density at radius 3 is 2.57 bits per heavy atom. The summed E-state index contributed by atoms with van der Waals surface area (Å²) in [5.41, 5.74) is 2.76. The lowest BCUT2D eigenvalue weighted by atomic mass is 9.86. The van der Waals surface area contributed by atoms with Crippen molar-refractivity contribution in [3.8, 4) is 22.9 Å². The van der Waals surface area contributed by atoms with Gasteiger partial charge in [0, 0.05) is 74.1 Å². The standard InChI is InChI=1S/C40H51N7O7/c1-47-19-15-40(16-20-47,39-43-37(45-46-39)29-12-17-41-18-13-29)44-31-9-6-8-30(26-31)38(49)42-34-14-25-54-35-11-10-32(27-33(34)35)53-24-5-3-4-21-51-22-7-23-52-28-36(48)50-2/h6,8-13,17-18,26-27,34,44H,3-5,7,14-16,19-25,28H2,1-2H3,(H,42,49)(H,43,45,46)/t34-/m0/s1. The summed E-state index contributed by atoms with van der Waals surface area (Å²) in [6.45, 7) is 4.56. The molecule has 0 radical (unpaired) electrons. The number of piperidine rings is 1. The van der Waals surface area contributed by atoms with Crippen molar-refractivity contribution in [3.05, 3.63) is 83.9 Å². The minimum absolute atomic E-state index is 0.0305. The first-order valence-electron chi connectivity index (χ1n) is 18.8. The zero-order valence-electron chi connectivity index (χ0n) is 31.2. The van der Waals surface area contributed by atoms with E-state index in [1.165, 1.54) is 7.11 Å². The third-order valence-corrected chi connectivity index (χ3v) is 9.80. The molecule has 2 aliphatic heterocycles. The number of amides is 1. The predicted octanol–water partition coefficient (Wildman–Crippen LogP) is 5.30. The van der Waals surface area contributed by atoms with Crippen LogP contribution in [0.2, 0.25) is 0 Å². The van der Waals surface area contributed by atoms with E-state index in [1.807, 2.05) is 54.6 Å². The van der Waals surface area contributed by atoms with Gasteiger partial charge in [-0.1, -0.05) is 6.07 Å². The van der Waals surface area contributed by atoms with Crippen LogP contribution in [0.5, 0.6) is 11.5 Å². The maximum atomic E-state index is 13.7. The zero-order chi connectivity index (χ0) is 37.6. The molecule has 2 aromatic carbocycles. The monoisotopic (exact) mass is 741 g/mol. The van der Waals surface area contributed by atoms with Crippen molar-refractivity contribution >= 4 is 17.6 Å². The van der Waals surface area contributed by atoms with Gasteiger partial charge >= 0.3 is 5.97 Å². The van der Waals surface area contributed by atoms with E-state index in [9.17, 15) is 9.59 Å². The molecule has 14 heteroatoms. The first-order chi connectivity index (χ1) is 26.4. The molecule has 1 atom stereocenters. The van der Waals surface area contributed by atoms with Crippen LogP contribution in [0.1, 0.15) is 72.7 Å². The van der Waals surface area contributed by atoms with Crippen molar-refractivity contribution in [2.24, 2.45) is 0 Å². The molecule has 4 heterocycles. The van der Waals surface area contributed by atoms with Gasteiger partial charge < -0.3 is 44.2 Å². The predicted molar refractivity (Wildman–Crippen MR) is 202 cm³/mol. The molecule has 0 unspecified atom stereocenters. The van der Waals surface area contributed by atoms with E-state index in [1.54, 1.807) is 12.4 Å². The van der Waals surface area contributed by atoms with Crippen LogP contribution < -0.4 is 20.1 Å². The molecule has 1 saturated heterocycles. The van der Waals surface area contributed by atoms with Gasteiger partial charge in [0.2, 0.25) is 0 Å². The van der Waals surface area contributed by atoms with Gasteiger partial charge in [0.05, 0.1) is 31.9 Å². The van der Waals surface area contributed by atoms with Gasteiger partial charge in [0.15, 0.2) is 11.6 Å². The number of esters is 1. The van der Waals surface area contributed by atoms with Gasteiger partial charge in [-0.3, -0.25) is 9.78 Å². The molecule has 54 heavy (non-hydrogen) atoms. The third-order valence-electron chi connectivity index (χ3n) is 9.80. The summed E-state index contributed by atoms with van der Waals surface area (Å²) in [5.74, 6) is 2.44. The number of carbonyl (C=O) groups excluding carboxylic acids is 2. The average Bonchev–Trinajstić information content (AvgIpc) is 3.71. The molecular formula is C40H51N7O7. The number of nitrogens with zero attached hydrogens (tertiary/aromatic N) is 4. The van der Waals surface area contributed by atoms with Crippen LogP contribution in [-0.2, 0) is 24.5 Å². The van der Waals surface area contributed by atoms with Crippen molar-refractivity contribution < 1.29 is 33.3 Å². The first-order valence-corrected chi connectivity index (χ1v) is 18.8. The number of aromatic amines is 1. The van der Waals surface area contributed by atoms with Crippen molar-refractivity contribution in [2.45, 2.75) is 56.5 Å². The lowest BCUT2D eigenvalue weighted by Crippen LogP contribution is -2.46. The Morgan fingerprint density at radius 2 is 1.74 bits per heavy atom. The van der Waals surface area contributed by atoms with E-state index in [0.717, 1.165) is 85.8 Å². The van der Waals surface area contributed by atoms with Gasteiger partial charge in [-0.05, 0) is 94.1 Å². The number of nitrogens with one attached hydrogen (secondary N) is 3. The second kappa shape index (κ2) is 19.3. The van der Waals surface area contributed by atoms with Crippen molar-refractivity contribution in [1.29, 1.82) is 0 Å². The molecule has 0 saturated carbocycles. The number of pyridine rings is 1. The number of likely N-dealkylation sites (tertiary alicyclic amines) is 1. The molecule has 0 bridgehead atoms. The van der Waals surface area contributed by atoms with E-state index < -0.39 is 5.54 Å². The van der Waals surface area contributed by atoms with Crippen LogP contribution in [0, 0.1) is 0 Å². The second-order valence-electron chi connectivity index (χ2n) is 13.7. The molecule has 6 rings (SSSR count).